The van der Waals surface area contributed by atoms with E-state index in [1.165, 1.54) is 4.68 Å². The third kappa shape index (κ3) is 1.52. The first-order valence-electron chi connectivity index (χ1n) is 2.85. The number of hydrogen-bond acceptors (Lipinski definition) is 1. The van der Waals surface area contributed by atoms with Crippen molar-refractivity contribution in [1.29, 1.82) is 0 Å². The normalized spacial score (nSPS) is 10.2. The van der Waals surface area contributed by atoms with Crippen molar-refractivity contribution in [3.63, 3.8) is 0 Å². The van der Waals surface area contributed by atoms with E-state index in [0.717, 1.165) is 0 Å². The second-order valence-corrected chi connectivity index (χ2v) is 1.75. The molecule has 0 aliphatic rings. The van der Waals surface area contributed by atoms with Crippen molar-refractivity contribution in [2.75, 3.05) is 6.67 Å². The van der Waals surface area contributed by atoms with Crippen LogP contribution in [0.1, 0.15) is 5.56 Å². The first-order valence-corrected chi connectivity index (χ1v) is 2.85. The fourth-order valence-corrected chi connectivity index (χ4v) is 0.572. The number of halogens is 2. The molecule has 1 aromatic heterocycles. The number of aromatic nitrogens is 2. The average molecular weight is 144 g/mol. The Morgan fingerprint density at radius 3 is 2.80 bits per heavy atom. The van der Waals surface area contributed by atoms with Gasteiger partial charge in [0, 0.05) is 5.56 Å². The minimum absolute atomic E-state index is 0.122. The molecule has 0 atom stereocenters. The van der Waals surface area contributed by atoms with E-state index in [1.807, 2.05) is 0 Å². The molecule has 1 rings (SSSR count). The number of aryl methyl sites for hydroxylation is 1. The average Bonchev–Trinajstić information content (AvgIpc) is 2.37. The molecule has 0 amide bonds. The zero-order valence-corrected chi connectivity index (χ0v) is 5.27. The van der Waals surface area contributed by atoms with E-state index in [0.29, 0.717) is 0 Å². The molecule has 0 aliphatic heterocycles. The number of nitrogens with zero attached hydrogens (tertiary/aromatic N) is 2. The molecule has 0 saturated carbocycles. The predicted octanol–water partition coefficient (Wildman–Crippen LogP) is 0.922. The third-order valence-corrected chi connectivity index (χ3v) is 1.000. The van der Waals surface area contributed by atoms with Gasteiger partial charge >= 0.3 is 0 Å². The van der Waals surface area contributed by atoms with Crippen LogP contribution in [0.15, 0.2) is 0 Å². The monoisotopic (exact) mass is 144 g/mol. The Morgan fingerprint density at radius 1 is 1.50 bits per heavy atom. The molecular formula is C6H6F2N2. The summed E-state index contributed by atoms with van der Waals surface area (Å²) in [5.74, 6) is 0. The van der Waals surface area contributed by atoms with Crippen LogP contribution in [0, 0.1) is 12.4 Å². The Morgan fingerprint density at radius 2 is 2.30 bits per heavy atom. The van der Waals surface area contributed by atoms with Crippen LogP contribution in [-0.4, -0.2) is 16.5 Å². The van der Waals surface area contributed by atoms with Gasteiger partial charge in [-0.15, -0.1) is 0 Å². The van der Waals surface area contributed by atoms with E-state index in [2.05, 4.69) is 17.5 Å². The van der Waals surface area contributed by atoms with Gasteiger partial charge in [0.05, 0.1) is 12.7 Å². The van der Waals surface area contributed by atoms with Crippen LogP contribution in [-0.2, 0) is 13.2 Å². The lowest BCUT2D eigenvalue weighted by atomic mass is 10.4. The molecule has 0 saturated heterocycles. The maximum Gasteiger partial charge on any atom is 0.120 e. The molecular weight excluding hydrogens is 138 g/mol. The van der Waals surface area contributed by atoms with Crippen LogP contribution in [0.2, 0.25) is 0 Å². The Bertz CT molecular complexity index is 197. The molecule has 0 bridgehead atoms. The van der Waals surface area contributed by atoms with Crippen molar-refractivity contribution in [3.05, 3.63) is 18.0 Å². The highest BCUT2D eigenvalue weighted by Gasteiger charge is 1.97. The molecule has 2 radical (unpaired) electrons. The van der Waals surface area contributed by atoms with Crippen LogP contribution in [0.25, 0.3) is 0 Å². The Balaban J connectivity index is 2.59. The summed E-state index contributed by atoms with van der Waals surface area (Å²) in [6.45, 7) is -1.04. The van der Waals surface area contributed by atoms with Crippen LogP contribution in [0.4, 0.5) is 8.78 Å². The lowest BCUT2D eigenvalue weighted by Gasteiger charge is -1.90. The summed E-state index contributed by atoms with van der Waals surface area (Å²) >= 11 is 0. The minimum atomic E-state index is -0.647. The lowest BCUT2D eigenvalue weighted by molar-refractivity contribution is 0.424. The van der Waals surface area contributed by atoms with Crippen molar-refractivity contribution in [3.8, 4) is 0 Å². The summed E-state index contributed by atoms with van der Waals surface area (Å²) in [6, 6.07) is 0. The van der Waals surface area contributed by atoms with Gasteiger partial charge in [-0.2, -0.15) is 5.10 Å². The topological polar surface area (TPSA) is 17.8 Å². The third-order valence-electron chi connectivity index (χ3n) is 1.000. The van der Waals surface area contributed by atoms with Gasteiger partial charge in [-0.3, -0.25) is 4.68 Å². The first kappa shape index (κ1) is 7.18. The smallest absolute Gasteiger partial charge is 0.120 e. The fourth-order valence-electron chi connectivity index (χ4n) is 0.572. The second kappa shape index (κ2) is 3.29. The van der Waals surface area contributed by atoms with Crippen molar-refractivity contribution in [1.82, 2.24) is 9.78 Å². The van der Waals surface area contributed by atoms with E-state index in [-0.39, 0.29) is 12.1 Å². The molecule has 4 heteroatoms. The van der Waals surface area contributed by atoms with Crippen LogP contribution < -0.4 is 0 Å². The molecule has 54 valence electrons. The van der Waals surface area contributed by atoms with Crippen molar-refractivity contribution < 1.29 is 8.78 Å². The molecule has 0 aromatic carbocycles. The van der Waals surface area contributed by atoms with E-state index in [9.17, 15) is 8.78 Å². The van der Waals surface area contributed by atoms with Gasteiger partial charge in [0.1, 0.15) is 19.5 Å². The quantitative estimate of drug-likeness (QED) is 0.616. The number of hydrogen-bond donors (Lipinski definition) is 0. The van der Waals surface area contributed by atoms with Crippen molar-refractivity contribution in [2.45, 2.75) is 13.2 Å². The highest BCUT2D eigenvalue weighted by Crippen LogP contribution is 1.96. The zero-order valence-electron chi connectivity index (χ0n) is 5.27. The Labute approximate surface area is 57.5 Å². The highest BCUT2D eigenvalue weighted by molar-refractivity contribution is 4.97. The first-order chi connectivity index (χ1) is 4.86. The molecule has 1 heterocycles. The van der Waals surface area contributed by atoms with Crippen LogP contribution in [0.3, 0.4) is 0 Å². The highest BCUT2D eigenvalue weighted by atomic mass is 19.1. The molecule has 10 heavy (non-hydrogen) atoms. The summed E-state index contributed by atoms with van der Waals surface area (Å²) in [6.07, 6.45) is 4.85. The van der Waals surface area contributed by atoms with Gasteiger partial charge in [0.15, 0.2) is 0 Å². The molecule has 0 fully saturated rings. The van der Waals surface area contributed by atoms with E-state index < -0.39 is 13.3 Å². The number of alkyl halides is 2. The van der Waals surface area contributed by atoms with E-state index >= 15 is 0 Å². The van der Waals surface area contributed by atoms with Crippen LogP contribution in [0.5, 0.6) is 0 Å². The van der Waals surface area contributed by atoms with Gasteiger partial charge in [-0.1, -0.05) is 0 Å². The molecule has 2 nitrogen and oxygen atoms in total. The summed E-state index contributed by atoms with van der Waals surface area (Å²) in [4.78, 5) is 0. The largest absolute Gasteiger partial charge is 0.260 e. The second-order valence-electron chi connectivity index (χ2n) is 1.75. The molecule has 0 aliphatic carbocycles. The van der Waals surface area contributed by atoms with E-state index in [4.69, 9.17) is 0 Å². The maximum absolute atomic E-state index is 11.8. The lowest BCUT2D eigenvalue weighted by Crippen LogP contribution is -1.99. The van der Waals surface area contributed by atoms with Gasteiger partial charge < -0.3 is 0 Å². The fraction of sp³-hybridized carbons (Fsp3) is 0.500. The SMILES string of the molecule is FCCn1[c]c(CF)[c]n1. The van der Waals surface area contributed by atoms with Gasteiger partial charge in [-0.05, 0) is 0 Å². The van der Waals surface area contributed by atoms with Gasteiger partial charge in [0.2, 0.25) is 0 Å². The summed E-state index contributed by atoms with van der Waals surface area (Å²) < 4.78 is 24.6. The zero-order chi connectivity index (χ0) is 7.40. The van der Waals surface area contributed by atoms with Crippen molar-refractivity contribution >= 4 is 0 Å². The van der Waals surface area contributed by atoms with Gasteiger partial charge in [-0.25, -0.2) is 8.78 Å². The van der Waals surface area contributed by atoms with Crippen LogP contribution >= 0.6 is 0 Å². The summed E-state index contributed by atoms with van der Waals surface area (Å²) in [5.41, 5.74) is 0.244. The molecule has 0 N–H and O–H groups in total. The molecule has 1 aromatic rings. The van der Waals surface area contributed by atoms with Gasteiger partial charge in [0.25, 0.3) is 0 Å². The summed E-state index contributed by atoms with van der Waals surface area (Å²) in [5, 5.41) is 3.53. The predicted molar refractivity (Wildman–Crippen MR) is 30.7 cm³/mol. The summed E-state index contributed by atoms with van der Waals surface area (Å²) in [7, 11) is 0. The standard InChI is InChI=1S/C6H6F2N2/c7-1-2-10-5-6(3-8)4-9-10/h1-3H2. The van der Waals surface area contributed by atoms with E-state index in [1.54, 1.807) is 0 Å². The molecule has 0 unspecified atom stereocenters. The molecule has 0 spiro atoms. The number of rotatable bonds is 3. The van der Waals surface area contributed by atoms with Crippen molar-refractivity contribution in [2.24, 2.45) is 0 Å². The Hall–Kier alpha value is -0.930. The maximum atomic E-state index is 11.8. The Kier molecular flexibility index (Phi) is 2.36. The minimum Gasteiger partial charge on any atom is -0.260 e.